The normalized spacial score (nSPS) is 18.2. The molecule has 0 radical (unpaired) electrons. The second kappa shape index (κ2) is 4.27. The maximum absolute atomic E-state index is 3.51. The first kappa shape index (κ1) is 10.0. The molecule has 1 saturated carbocycles. The second-order valence-corrected chi connectivity index (χ2v) is 5.29. The van der Waals surface area contributed by atoms with Gasteiger partial charge in [-0.2, -0.15) is 0 Å². The van der Waals surface area contributed by atoms with Crippen LogP contribution in [0.3, 0.4) is 0 Å². The van der Waals surface area contributed by atoms with E-state index in [0.29, 0.717) is 5.41 Å². The maximum Gasteiger partial charge on any atom is -0.00439 e. The summed E-state index contributed by atoms with van der Waals surface area (Å²) in [7, 11) is 0. The summed E-state index contributed by atoms with van der Waals surface area (Å²) in [5.41, 5.74) is 0.493. The zero-order valence-corrected chi connectivity index (χ0v) is 8.82. The predicted octanol–water partition coefficient (Wildman–Crippen LogP) is 2.81. The fourth-order valence-corrected chi connectivity index (χ4v) is 1.30. The molecule has 0 saturated heterocycles. The molecule has 0 spiro atoms. The number of hydrogen-bond donors (Lipinski definition) is 1. The van der Waals surface area contributed by atoms with Gasteiger partial charge in [0.05, 0.1) is 0 Å². The van der Waals surface area contributed by atoms with E-state index in [-0.39, 0.29) is 0 Å². The highest BCUT2D eigenvalue weighted by molar-refractivity contribution is 4.73. The van der Waals surface area contributed by atoms with Gasteiger partial charge in [0.15, 0.2) is 0 Å². The molecule has 1 aliphatic rings. The third-order valence-electron chi connectivity index (χ3n) is 2.48. The molecule has 0 amide bonds. The topological polar surface area (TPSA) is 12.0 Å². The van der Waals surface area contributed by atoms with Crippen molar-refractivity contribution in [2.45, 2.75) is 46.5 Å². The van der Waals surface area contributed by atoms with Crippen molar-refractivity contribution in [1.29, 1.82) is 0 Å². The van der Waals surface area contributed by atoms with Crippen LogP contribution in [0.5, 0.6) is 0 Å². The lowest BCUT2D eigenvalue weighted by molar-refractivity contribution is 0.366. The van der Waals surface area contributed by atoms with E-state index in [0.717, 1.165) is 5.92 Å². The molecule has 1 fully saturated rings. The first-order chi connectivity index (χ1) is 5.58. The van der Waals surface area contributed by atoms with Crippen molar-refractivity contribution >= 4 is 0 Å². The Morgan fingerprint density at radius 3 is 2.33 bits per heavy atom. The Balaban J connectivity index is 1.82. The van der Waals surface area contributed by atoms with Gasteiger partial charge in [-0.3, -0.25) is 0 Å². The van der Waals surface area contributed by atoms with Gasteiger partial charge in [-0.15, -0.1) is 0 Å². The summed E-state index contributed by atoms with van der Waals surface area (Å²) in [5.74, 6) is 1.08. The monoisotopic (exact) mass is 169 g/mol. The zero-order valence-electron chi connectivity index (χ0n) is 8.82. The molecule has 1 rings (SSSR count). The van der Waals surface area contributed by atoms with Gasteiger partial charge in [0.2, 0.25) is 0 Å². The van der Waals surface area contributed by atoms with Crippen LogP contribution in [0.25, 0.3) is 0 Å². The third kappa shape index (κ3) is 5.59. The van der Waals surface area contributed by atoms with E-state index in [1.54, 1.807) is 0 Å². The van der Waals surface area contributed by atoms with E-state index in [1.807, 2.05) is 0 Å². The number of rotatable bonds is 5. The Hall–Kier alpha value is -0.0400. The third-order valence-corrected chi connectivity index (χ3v) is 2.48. The highest BCUT2D eigenvalue weighted by atomic mass is 14.8. The van der Waals surface area contributed by atoms with Gasteiger partial charge in [0.25, 0.3) is 0 Å². The lowest BCUT2D eigenvalue weighted by atomic mass is 9.92. The molecule has 1 aliphatic carbocycles. The summed E-state index contributed by atoms with van der Waals surface area (Å²) >= 11 is 0. The summed E-state index contributed by atoms with van der Waals surface area (Å²) in [6, 6.07) is 0. The SMILES string of the molecule is CC(C)(C)CCNCCC1CC1. The highest BCUT2D eigenvalue weighted by Gasteiger charge is 2.20. The quantitative estimate of drug-likeness (QED) is 0.624. The minimum atomic E-state index is 0.493. The molecule has 1 heteroatoms. The lowest BCUT2D eigenvalue weighted by Crippen LogP contribution is -2.21. The Kier molecular flexibility index (Phi) is 3.57. The fraction of sp³-hybridized carbons (Fsp3) is 1.00. The second-order valence-electron chi connectivity index (χ2n) is 5.29. The molecule has 1 N–H and O–H groups in total. The van der Waals surface area contributed by atoms with E-state index in [1.165, 1.54) is 38.8 Å². The van der Waals surface area contributed by atoms with Crippen molar-refractivity contribution < 1.29 is 0 Å². The summed E-state index contributed by atoms with van der Waals surface area (Å²) in [5, 5.41) is 3.51. The zero-order chi connectivity index (χ0) is 9.03. The van der Waals surface area contributed by atoms with Gasteiger partial charge in [-0.05, 0) is 37.3 Å². The molecule has 0 atom stereocenters. The van der Waals surface area contributed by atoms with Crippen LogP contribution in [0, 0.1) is 11.3 Å². The first-order valence-corrected chi connectivity index (χ1v) is 5.29. The molecule has 0 heterocycles. The number of hydrogen-bond acceptors (Lipinski definition) is 1. The van der Waals surface area contributed by atoms with Crippen LogP contribution in [0.15, 0.2) is 0 Å². The molecule has 0 aromatic carbocycles. The smallest absolute Gasteiger partial charge is 0.00439 e. The Labute approximate surface area is 76.9 Å². The van der Waals surface area contributed by atoms with E-state index < -0.39 is 0 Å². The van der Waals surface area contributed by atoms with Crippen molar-refractivity contribution in [3.63, 3.8) is 0 Å². The van der Waals surface area contributed by atoms with Crippen molar-refractivity contribution in [3.8, 4) is 0 Å². The minimum Gasteiger partial charge on any atom is -0.317 e. The van der Waals surface area contributed by atoms with Crippen molar-refractivity contribution in [2.24, 2.45) is 11.3 Å². The highest BCUT2D eigenvalue weighted by Crippen LogP contribution is 2.31. The van der Waals surface area contributed by atoms with Crippen LogP contribution in [-0.2, 0) is 0 Å². The van der Waals surface area contributed by atoms with Gasteiger partial charge in [-0.1, -0.05) is 33.6 Å². The average molecular weight is 169 g/mol. The van der Waals surface area contributed by atoms with Crippen LogP contribution in [0.4, 0.5) is 0 Å². The largest absolute Gasteiger partial charge is 0.317 e. The Morgan fingerprint density at radius 2 is 1.83 bits per heavy atom. The van der Waals surface area contributed by atoms with Gasteiger partial charge < -0.3 is 5.32 Å². The molecule has 0 aliphatic heterocycles. The average Bonchev–Trinajstić information content (AvgIpc) is 2.68. The predicted molar refractivity (Wildman–Crippen MR) is 54.3 cm³/mol. The van der Waals surface area contributed by atoms with E-state index in [4.69, 9.17) is 0 Å². The van der Waals surface area contributed by atoms with Gasteiger partial charge in [0, 0.05) is 0 Å². The van der Waals surface area contributed by atoms with Gasteiger partial charge in [0.1, 0.15) is 0 Å². The van der Waals surface area contributed by atoms with E-state index >= 15 is 0 Å². The number of nitrogens with one attached hydrogen (secondary N) is 1. The van der Waals surface area contributed by atoms with Crippen LogP contribution >= 0.6 is 0 Å². The lowest BCUT2D eigenvalue weighted by Gasteiger charge is -2.17. The molecule has 0 aromatic rings. The van der Waals surface area contributed by atoms with Gasteiger partial charge >= 0.3 is 0 Å². The molecule has 0 aromatic heterocycles. The van der Waals surface area contributed by atoms with Crippen LogP contribution in [-0.4, -0.2) is 13.1 Å². The first-order valence-electron chi connectivity index (χ1n) is 5.29. The fourth-order valence-electron chi connectivity index (χ4n) is 1.30. The van der Waals surface area contributed by atoms with Crippen LogP contribution in [0.2, 0.25) is 0 Å². The summed E-state index contributed by atoms with van der Waals surface area (Å²) in [4.78, 5) is 0. The summed E-state index contributed by atoms with van der Waals surface area (Å²) in [6.45, 7) is 9.33. The molecule has 1 nitrogen and oxygen atoms in total. The molecule has 72 valence electrons. The molecule has 0 unspecified atom stereocenters. The van der Waals surface area contributed by atoms with Crippen LogP contribution in [0.1, 0.15) is 46.5 Å². The van der Waals surface area contributed by atoms with Crippen molar-refractivity contribution in [2.75, 3.05) is 13.1 Å². The standard InChI is InChI=1S/C11H23N/c1-11(2,3)7-9-12-8-6-10-4-5-10/h10,12H,4-9H2,1-3H3. The van der Waals surface area contributed by atoms with Crippen molar-refractivity contribution in [3.05, 3.63) is 0 Å². The summed E-state index contributed by atoms with van der Waals surface area (Å²) < 4.78 is 0. The molecular weight excluding hydrogens is 146 g/mol. The van der Waals surface area contributed by atoms with Crippen molar-refractivity contribution in [1.82, 2.24) is 5.32 Å². The molecular formula is C11H23N. The van der Waals surface area contributed by atoms with E-state index in [9.17, 15) is 0 Å². The van der Waals surface area contributed by atoms with E-state index in [2.05, 4.69) is 26.1 Å². The Bertz CT molecular complexity index is 119. The maximum atomic E-state index is 3.51. The Morgan fingerprint density at radius 1 is 1.17 bits per heavy atom. The molecule has 12 heavy (non-hydrogen) atoms. The molecule has 0 bridgehead atoms. The minimum absolute atomic E-state index is 0.493. The van der Waals surface area contributed by atoms with Crippen LogP contribution < -0.4 is 5.32 Å². The summed E-state index contributed by atoms with van der Waals surface area (Å²) in [6.07, 6.45) is 5.67. The van der Waals surface area contributed by atoms with Gasteiger partial charge in [-0.25, -0.2) is 0 Å².